The summed E-state index contributed by atoms with van der Waals surface area (Å²) in [6, 6.07) is 17.2. The van der Waals surface area contributed by atoms with Gasteiger partial charge in [-0.25, -0.2) is 8.42 Å². The van der Waals surface area contributed by atoms with Gasteiger partial charge < -0.3 is 5.32 Å². The van der Waals surface area contributed by atoms with Crippen LogP contribution >= 0.6 is 0 Å². The van der Waals surface area contributed by atoms with Crippen LogP contribution in [0.1, 0.15) is 0 Å². The van der Waals surface area contributed by atoms with Crippen LogP contribution in [0.25, 0.3) is 0 Å². The molecule has 0 aromatic heterocycles. The highest BCUT2D eigenvalue weighted by molar-refractivity contribution is 7.95. The largest absolute Gasteiger partial charge is 0.322 e. The molecule has 0 saturated carbocycles. The van der Waals surface area contributed by atoms with E-state index >= 15 is 0 Å². The van der Waals surface area contributed by atoms with E-state index in [-0.39, 0.29) is 0 Å². The average Bonchev–Trinajstić information content (AvgIpc) is 2.47. The second kappa shape index (κ2) is 6.71. The normalized spacial score (nSPS) is 11.2. The van der Waals surface area contributed by atoms with E-state index in [4.69, 9.17) is 0 Å². The van der Waals surface area contributed by atoms with Gasteiger partial charge in [0.15, 0.2) is 0 Å². The van der Waals surface area contributed by atoms with Gasteiger partial charge in [0, 0.05) is 17.5 Å². The number of sulfonamides is 1. The second-order valence-electron chi connectivity index (χ2n) is 4.17. The minimum atomic E-state index is -3.71. The van der Waals surface area contributed by atoms with Crippen molar-refractivity contribution in [2.45, 2.75) is 0 Å². The van der Waals surface area contributed by atoms with Crippen LogP contribution in [0.3, 0.4) is 0 Å². The van der Waals surface area contributed by atoms with Gasteiger partial charge in [-0.1, -0.05) is 36.4 Å². The topological polar surface area (TPSA) is 75.3 Å². The van der Waals surface area contributed by atoms with Crippen molar-refractivity contribution in [2.24, 2.45) is 0 Å². The quantitative estimate of drug-likeness (QED) is 0.834. The number of anilines is 2. The van der Waals surface area contributed by atoms with Gasteiger partial charge in [0.05, 0.1) is 5.41 Å². The van der Waals surface area contributed by atoms with E-state index < -0.39 is 15.9 Å². The third kappa shape index (κ3) is 5.12. The molecule has 1 amide bonds. The zero-order valence-corrected chi connectivity index (χ0v) is 11.9. The molecule has 2 aromatic carbocycles. The number of hydrogen-bond donors (Lipinski definition) is 2. The molecule has 0 atom stereocenters. The van der Waals surface area contributed by atoms with Crippen molar-refractivity contribution in [1.82, 2.24) is 0 Å². The molecule has 108 valence electrons. The fourth-order valence-corrected chi connectivity index (χ4v) is 2.40. The highest BCUT2D eigenvalue weighted by Crippen LogP contribution is 2.09. The molecule has 21 heavy (non-hydrogen) atoms. The number of carbonyl (C=O) groups is 1. The van der Waals surface area contributed by atoms with Gasteiger partial charge >= 0.3 is 0 Å². The Balaban J connectivity index is 1.98. The molecule has 5 nitrogen and oxygen atoms in total. The van der Waals surface area contributed by atoms with Crippen molar-refractivity contribution in [2.75, 3.05) is 10.0 Å². The summed E-state index contributed by atoms with van der Waals surface area (Å²) in [6.45, 7) is 0. The predicted molar refractivity (Wildman–Crippen MR) is 83.2 cm³/mol. The fraction of sp³-hybridized carbons (Fsp3) is 0. The molecule has 0 bridgehead atoms. The zero-order valence-electron chi connectivity index (χ0n) is 11.1. The standard InChI is InChI=1S/C15H14N2O3S/c18-15(16-13-7-3-1-4-8-13)11-12-21(19,20)17-14-9-5-2-6-10-14/h1-12,17H,(H,16,18). The second-order valence-corrected chi connectivity index (χ2v) is 5.74. The Labute approximate surface area is 123 Å². The van der Waals surface area contributed by atoms with Crippen molar-refractivity contribution < 1.29 is 13.2 Å². The Morgan fingerprint density at radius 2 is 1.38 bits per heavy atom. The third-order valence-electron chi connectivity index (χ3n) is 2.47. The van der Waals surface area contributed by atoms with Gasteiger partial charge in [0.25, 0.3) is 10.0 Å². The Hall–Kier alpha value is -2.60. The monoisotopic (exact) mass is 302 g/mol. The Bertz CT molecular complexity index is 726. The van der Waals surface area contributed by atoms with Gasteiger partial charge in [0.2, 0.25) is 5.91 Å². The lowest BCUT2D eigenvalue weighted by Gasteiger charge is -2.04. The van der Waals surface area contributed by atoms with Crippen LogP contribution in [0, 0.1) is 0 Å². The molecule has 0 saturated heterocycles. The first-order valence-corrected chi connectivity index (χ1v) is 7.72. The van der Waals surface area contributed by atoms with E-state index in [1.807, 2.05) is 6.07 Å². The Morgan fingerprint density at radius 1 is 0.857 bits per heavy atom. The molecular weight excluding hydrogens is 288 g/mol. The molecule has 0 aliphatic heterocycles. The first-order valence-electron chi connectivity index (χ1n) is 6.17. The van der Waals surface area contributed by atoms with Crippen molar-refractivity contribution in [3.05, 3.63) is 72.1 Å². The summed E-state index contributed by atoms with van der Waals surface area (Å²) in [5, 5.41) is 3.39. The maximum atomic E-state index is 11.8. The van der Waals surface area contributed by atoms with Crippen LogP contribution in [0.4, 0.5) is 11.4 Å². The highest BCUT2D eigenvalue weighted by atomic mass is 32.2. The molecule has 0 aliphatic carbocycles. The number of hydrogen-bond acceptors (Lipinski definition) is 3. The number of benzene rings is 2. The number of rotatable bonds is 5. The lowest BCUT2D eigenvalue weighted by Crippen LogP contribution is -2.12. The van der Waals surface area contributed by atoms with Gasteiger partial charge in [0.1, 0.15) is 0 Å². The van der Waals surface area contributed by atoms with E-state index in [1.54, 1.807) is 54.6 Å². The fourth-order valence-electron chi connectivity index (χ4n) is 1.56. The minimum Gasteiger partial charge on any atom is -0.322 e. The van der Waals surface area contributed by atoms with E-state index in [0.29, 0.717) is 11.4 Å². The molecule has 2 rings (SSSR count). The summed E-state index contributed by atoms with van der Waals surface area (Å²) in [6.07, 6.45) is 0.971. The summed E-state index contributed by atoms with van der Waals surface area (Å²) in [5.41, 5.74) is 1.03. The molecule has 2 N–H and O–H groups in total. The number of para-hydroxylation sites is 2. The average molecular weight is 302 g/mol. The van der Waals surface area contributed by atoms with Crippen molar-refractivity contribution >= 4 is 27.3 Å². The molecule has 0 radical (unpaired) electrons. The van der Waals surface area contributed by atoms with Crippen LogP contribution in [-0.4, -0.2) is 14.3 Å². The van der Waals surface area contributed by atoms with Crippen LogP contribution in [-0.2, 0) is 14.8 Å². The van der Waals surface area contributed by atoms with Gasteiger partial charge in [-0.3, -0.25) is 9.52 Å². The third-order valence-corrected chi connectivity index (χ3v) is 3.49. The lowest BCUT2D eigenvalue weighted by atomic mass is 10.3. The maximum Gasteiger partial charge on any atom is 0.255 e. The van der Waals surface area contributed by atoms with Crippen molar-refractivity contribution in [1.29, 1.82) is 0 Å². The van der Waals surface area contributed by atoms with Crippen molar-refractivity contribution in [3.8, 4) is 0 Å². The maximum absolute atomic E-state index is 11.8. The van der Waals surface area contributed by atoms with Gasteiger partial charge in [-0.2, -0.15) is 0 Å². The number of amides is 1. The summed E-state index contributed by atoms with van der Waals surface area (Å²) in [5.74, 6) is -0.514. The van der Waals surface area contributed by atoms with E-state index in [1.165, 1.54) is 0 Å². The SMILES string of the molecule is O=C(C=CS(=O)(=O)Nc1ccccc1)Nc1ccccc1. The van der Waals surface area contributed by atoms with Crippen LogP contribution in [0.2, 0.25) is 0 Å². The lowest BCUT2D eigenvalue weighted by molar-refractivity contribution is -0.111. The smallest absolute Gasteiger partial charge is 0.255 e. The number of nitrogens with one attached hydrogen (secondary N) is 2. The van der Waals surface area contributed by atoms with Gasteiger partial charge in [-0.15, -0.1) is 0 Å². The number of carbonyl (C=O) groups excluding carboxylic acids is 1. The van der Waals surface area contributed by atoms with E-state index in [0.717, 1.165) is 11.5 Å². The molecule has 0 heterocycles. The Morgan fingerprint density at radius 3 is 1.95 bits per heavy atom. The highest BCUT2D eigenvalue weighted by Gasteiger charge is 2.06. The van der Waals surface area contributed by atoms with E-state index in [9.17, 15) is 13.2 Å². The Kier molecular flexibility index (Phi) is 4.73. The van der Waals surface area contributed by atoms with Gasteiger partial charge in [-0.05, 0) is 24.3 Å². The molecular formula is C15H14N2O3S. The summed E-state index contributed by atoms with van der Waals surface area (Å²) in [7, 11) is -3.71. The summed E-state index contributed by atoms with van der Waals surface area (Å²) in [4.78, 5) is 11.6. The molecule has 0 aliphatic rings. The molecule has 2 aromatic rings. The molecule has 0 fully saturated rings. The molecule has 0 unspecified atom stereocenters. The molecule has 0 spiro atoms. The van der Waals surface area contributed by atoms with Crippen LogP contribution < -0.4 is 10.0 Å². The van der Waals surface area contributed by atoms with Crippen LogP contribution in [0.15, 0.2) is 72.1 Å². The predicted octanol–water partition coefficient (Wildman–Crippen LogP) is 2.58. The van der Waals surface area contributed by atoms with E-state index in [2.05, 4.69) is 10.0 Å². The molecule has 6 heteroatoms. The first kappa shape index (κ1) is 14.8. The minimum absolute atomic E-state index is 0.436. The van der Waals surface area contributed by atoms with Crippen molar-refractivity contribution in [3.63, 3.8) is 0 Å². The zero-order chi connectivity index (χ0) is 15.1. The van der Waals surface area contributed by atoms with Crippen LogP contribution in [0.5, 0.6) is 0 Å². The summed E-state index contributed by atoms with van der Waals surface area (Å²) < 4.78 is 25.9. The first-order chi connectivity index (χ1) is 10.1. The summed E-state index contributed by atoms with van der Waals surface area (Å²) >= 11 is 0.